The molecule has 0 bridgehead atoms. The van der Waals surface area contributed by atoms with Crippen molar-refractivity contribution in [2.24, 2.45) is 0 Å². The minimum absolute atomic E-state index is 0.905. The largest absolute Gasteiger partial charge is 0.313 e. The molecule has 4 heteroatoms. The lowest BCUT2D eigenvalue weighted by atomic mass is 10.1. The molecule has 19 heavy (non-hydrogen) atoms. The average molecular weight is 275 g/mol. The Morgan fingerprint density at radius 3 is 2.53 bits per heavy atom. The number of nitrogens with one attached hydrogen (secondary N) is 1. The van der Waals surface area contributed by atoms with Crippen LogP contribution in [0.25, 0.3) is 0 Å². The van der Waals surface area contributed by atoms with Crippen LogP contribution in [-0.4, -0.2) is 23.5 Å². The van der Waals surface area contributed by atoms with Gasteiger partial charge in [-0.15, -0.1) is 11.3 Å². The van der Waals surface area contributed by atoms with Crippen molar-refractivity contribution >= 4 is 11.3 Å². The molecule has 0 saturated carbocycles. The van der Waals surface area contributed by atoms with Crippen LogP contribution in [0.2, 0.25) is 0 Å². The maximum atomic E-state index is 4.31. The van der Waals surface area contributed by atoms with Gasteiger partial charge in [-0.05, 0) is 24.7 Å². The Morgan fingerprint density at radius 2 is 1.89 bits per heavy atom. The van der Waals surface area contributed by atoms with Gasteiger partial charge in [-0.25, -0.2) is 4.98 Å². The van der Waals surface area contributed by atoms with Crippen molar-refractivity contribution in [3.05, 3.63) is 52.0 Å². The number of hydrogen-bond donors (Lipinski definition) is 1. The fourth-order valence-corrected chi connectivity index (χ4v) is 2.54. The molecular weight excluding hydrogens is 254 g/mol. The highest BCUT2D eigenvalue weighted by atomic mass is 32.1. The van der Waals surface area contributed by atoms with Crippen molar-refractivity contribution in [3.63, 3.8) is 0 Å². The van der Waals surface area contributed by atoms with Crippen molar-refractivity contribution in [2.75, 3.05) is 13.6 Å². The third kappa shape index (κ3) is 4.74. The van der Waals surface area contributed by atoms with Crippen molar-refractivity contribution in [3.8, 4) is 0 Å². The van der Waals surface area contributed by atoms with Crippen LogP contribution in [0.3, 0.4) is 0 Å². The summed E-state index contributed by atoms with van der Waals surface area (Å²) in [5, 5.41) is 5.44. The molecule has 1 N–H and O–H groups in total. The van der Waals surface area contributed by atoms with Crippen molar-refractivity contribution in [2.45, 2.75) is 26.6 Å². The maximum absolute atomic E-state index is 4.31. The van der Waals surface area contributed by atoms with E-state index in [4.69, 9.17) is 0 Å². The molecule has 0 saturated heterocycles. The Labute approximate surface area is 119 Å². The summed E-state index contributed by atoms with van der Waals surface area (Å²) in [6, 6.07) is 8.83. The van der Waals surface area contributed by atoms with Crippen LogP contribution in [0.5, 0.6) is 0 Å². The lowest BCUT2D eigenvalue weighted by Gasteiger charge is -2.15. The van der Waals surface area contributed by atoms with Gasteiger partial charge in [0.15, 0.2) is 0 Å². The fourth-order valence-electron chi connectivity index (χ4n) is 1.99. The van der Waals surface area contributed by atoms with Gasteiger partial charge < -0.3 is 5.32 Å². The Morgan fingerprint density at radius 1 is 1.16 bits per heavy atom. The molecule has 1 aromatic heterocycles. The second-order valence-electron chi connectivity index (χ2n) is 4.75. The number of aromatic nitrogens is 1. The molecule has 3 nitrogen and oxygen atoms in total. The summed E-state index contributed by atoms with van der Waals surface area (Å²) in [6.45, 7) is 5.95. The predicted molar refractivity (Wildman–Crippen MR) is 81.1 cm³/mol. The van der Waals surface area contributed by atoms with E-state index in [1.165, 1.54) is 11.1 Å². The molecular formula is C15H21N3S. The third-order valence-corrected chi connectivity index (χ3v) is 3.61. The minimum atomic E-state index is 0.905. The number of hydrogen-bond acceptors (Lipinski definition) is 4. The summed E-state index contributed by atoms with van der Waals surface area (Å²) in [5.74, 6) is 0. The second kappa shape index (κ2) is 7.38. The van der Waals surface area contributed by atoms with Crippen LogP contribution in [0.4, 0.5) is 0 Å². The predicted octanol–water partition coefficient (Wildman–Crippen LogP) is 2.88. The summed E-state index contributed by atoms with van der Waals surface area (Å²) in [7, 11) is 2.13. The Hall–Kier alpha value is -1.23. The van der Waals surface area contributed by atoms with Crippen molar-refractivity contribution < 1.29 is 0 Å². The van der Waals surface area contributed by atoms with Crippen LogP contribution in [0, 0.1) is 0 Å². The van der Waals surface area contributed by atoms with Crippen LogP contribution in [-0.2, 0) is 19.6 Å². The smallest absolute Gasteiger partial charge is 0.0795 e. The van der Waals surface area contributed by atoms with Gasteiger partial charge in [-0.1, -0.05) is 31.2 Å². The average Bonchev–Trinajstić information content (AvgIpc) is 2.90. The summed E-state index contributed by atoms with van der Waals surface area (Å²) in [5.41, 5.74) is 5.72. The molecule has 0 aliphatic rings. The van der Waals surface area contributed by atoms with Crippen molar-refractivity contribution in [1.29, 1.82) is 0 Å². The summed E-state index contributed by atoms with van der Waals surface area (Å²) in [4.78, 5) is 6.60. The zero-order valence-corrected chi connectivity index (χ0v) is 12.4. The summed E-state index contributed by atoms with van der Waals surface area (Å²) in [6.07, 6.45) is 0. The third-order valence-electron chi connectivity index (χ3n) is 2.97. The molecule has 0 atom stereocenters. The minimum Gasteiger partial charge on any atom is -0.313 e. The molecule has 1 heterocycles. The molecule has 0 unspecified atom stereocenters. The molecule has 0 fully saturated rings. The first kappa shape index (κ1) is 14.2. The lowest BCUT2D eigenvalue weighted by Crippen LogP contribution is -2.17. The zero-order valence-electron chi connectivity index (χ0n) is 11.6. The van der Waals surface area contributed by atoms with Gasteiger partial charge in [-0.3, -0.25) is 4.90 Å². The van der Waals surface area contributed by atoms with Gasteiger partial charge >= 0.3 is 0 Å². The number of rotatable bonds is 7. The van der Waals surface area contributed by atoms with Crippen LogP contribution >= 0.6 is 11.3 Å². The first-order valence-corrected chi connectivity index (χ1v) is 7.56. The van der Waals surface area contributed by atoms with Crippen molar-refractivity contribution in [1.82, 2.24) is 15.2 Å². The highest BCUT2D eigenvalue weighted by molar-refractivity contribution is 7.07. The molecule has 0 aliphatic heterocycles. The van der Waals surface area contributed by atoms with E-state index in [2.05, 4.69) is 58.8 Å². The molecule has 0 spiro atoms. The van der Waals surface area contributed by atoms with Crippen LogP contribution < -0.4 is 5.32 Å². The molecule has 102 valence electrons. The molecule has 0 amide bonds. The van der Waals surface area contributed by atoms with Gasteiger partial charge in [0.2, 0.25) is 0 Å². The fraction of sp³-hybridized carbons (Fsp3) is 0.400. The number of benzene rings is 1. The Kier molecular flexibility index (Phi) is 5.51. The second-order valence-corrected chi connectivity index (χ2v) is 5.47. The topological polar surface area (TPSA) is 28.2 Å². The first-order valence-electron chi connectivity index (χ1n) is 6.62. The Balaban J connectivity index is 1.84. The van der Waals surface area contributed by atoms with E-state index in [-0.39, 0.29) is 0 Å². The first-order chi connectivity index (χ1) is 9.28. The van der Waals surface area contributed by atoms with E-state index in [1.807, 2.05) is 5.51 Å². The summed E-state index contributed by atoms with van der Waals surface area (Å²) >= 11 is 1.65. The van der Waals surface area contributed by atoms with Gasteiger partial charge in [0.1, 0.15) is 0 Å². The van der Waals surface area contributed by atoms with Crippen LogP contribution in [0.1, 0.15) is 23.7 Å². The van der Waals surface area contributed by atoms with Crippen LogP contribution in [0.15, 0.2) is 35.2 Å². The normalized spacial score (nSPS) is 11.1. The standard InChI is InChI=1S/C15H21N3S/c1-3-16-8-13-4-6-14(7-5-13)9-18(2)10-15-11-19-12-17-15/h4-7,11-12,16H,3,8-10H2,1-2H3. The highest BCUT2D eigenvalue weighted by Gasteiger charge is 2.03. The van der Waals surface area contributed by atoms with E-state index in [1.54, 1.807) is 11.3 Å². The van der Waals surface area contributed by atoms with E-state index in [0.717, 1.165) is 31.9 Å². The van der Waals surface area contributed by atoms with Gasteiger partial charge in [-0.2, -0.15) is 0 Å². The monoisotopic (exact) mass is 275 g/mol. The van der Waals surface area contributed by atoms with E-state index < -0.39 is 0 Å². The maximum Gasteiger partial charge on any atom is 0.0795 e. The lowest BCUT2D eigenvalue weighted by molar-refractivity contribution is 0.316. The SMILES string of the molecule is CCNCc1ccc(CN(C)Cc2cscn2)cc1. The van der Waals surface area contributed by atoms with Gasteiger partial charge in [0, 0.05) is 25.0 Å². The summed E-state index contributed by atoms with van der Waals surface area (Å²) < 4.78 is 0. The van der Waals surface area contributed by atoms with E-state index in [0.29, 0.717) is 0 Å². The number of nitrogens with zero attached hydrogens (tertiary/aromatic N) is 2. The quantitative estimate of drug-likeness (QED) is 0.842. The number of thiazole rings is 1. The van der Waals surface area contributed by atoms with Gasteiger partial charge in [0.05, 0.1) is 11.2 Å². The molecule has 2 aromatic rings. The zero-order chi connectivity index (χ0) is 13.5. The molecule has 1 aromatic carbocycles. The Bertz CT molecular complexity index is 465. The highest BCUT2D eigenvalue weighted by Crippen LogP contribution is 2.10. The molecule has 0 radical (unpaired) electrons. The van der Waals surface area contributed by atoms with E-state index in [9.17, 15) is 0 Å². The molecule has 0 aliphatic carbocycles. The molecule has 2 rings (SSSR count). The van der Waals surface area contributed by atoms with Gasteiger partial charge in [0.25, 0.3) is 0 Å². The van der Waals surface area contributed by atoms with E-state index >= 15 is 0 Å².